The summed E-state index contributed by atoms with van der Waals surface area (Å²) in [5.41, 5.74) is 11.1. The average Bonchev–Trinajstić information content (AvgIpc) is 1.74. The van der Waals surface area contributed by atoms with Gasteiger partial charge in [0.2, 0.25) is 88.6 Å². The highest BCUT2D eigenvalue weighted by Gasteiger charge is 2.43. The lowest BCUT2D eigenvalue weighted by atomic mass is 9.97. The zero-order chi connectivity index (χ0) is 74.4. The summed E-state index contributed by atoms with van der Waals surface area (Å²) in [6.07, 6.45) is 5.48. The topological polar surface area (TPSA) is 548 Å². The lowest BCUT2D eigenvalue weighted by molar-refractivity contribution is -0.143. The third kappa shape index (κ3) is 26.1. The predicted octanol–water partition coefficient (Wildman–Crippen LogP) is -8.63. The number of nitrogens with zero attached hydrogens (tertiary/aromatic N) is 3. The third-order valence-electron chi connectivity index (χ3n) is 16.2. The van der Waals surface area contributed by atoms with Gasteiger partial charge in [-0.05, 0) is 62.9 Å². The molecule has 3 rings (SSSR count). The van der Waals surface area contributed by atoms with Gasteiger partial charge in [0.05, 0.1) is 32.7 Å². The Morgan fingerprint density at radius 1 is 0.545 bits per heavy atom. The molecule has 36 nitrogen and oxygen atoms in total. The molecule has 3 heterocycles. The highest BCUT2D eigenvalue weighted by atomic mass is 32.2. The van der Waals surface area contributed by atoms with Crippen LogP contribution < -0.4 is 75.3 Å². The van der Waals surface area contributed by atoms with Crippen molar-refractivity contribution in [3.05, 3.63) is 18.2 Å². The van der Waals surface area contributed by atoms with Crippen LogP contribution in [0.3, 0.4) is 0 Å². The fraction of sp³-hybridized carbons (Fsp3) is 0.690. The average molecular weight is 1490 g/mol. The number of hydrogen-bond acceptors (Lipinski definition) is 25. The highest BCUT2D eigenvalue weighted by molar-refractivity contribution is 7.98. The maximum Gasteiger partial charge on any atom is 0.248 e. The summed E-state index contributed by atoms with van der Waals surface area (Å²) in [7, 11) is 0. The van der Waals surface area contributed by atoms with E-state index in [4.69, 9.17) is 11.5 Å². The van der Waals surface area contributed by atoms with Gasteiger partial charge in [-0.15, -0.1) is 0 Å². The number of primary amides is 1. The first-order valence-electron chi connectivity index (χ1n) is 31.9. The Balaban J connectivity index is 1.68. The Morgan fingerprint density at radius 3 is 1.39 bits per heavy atom. The molecular weight excluding hydrogens is 1400 g/mol. The molecule has 2 aliphatic rings. The Kier molecular flexibility index (Phi) is 37.8. The van der Waals surface area contributed by atoms with Crippen molar-refractivity contribution in [3.63, 3.8) is 0 Å². The van der Waals surface area contributed by atoms with Crippen LogP contribution in [-0.4, -0.2) is 283 Å². The van der Waals surface area contributed by atoms with Crippen molar-refractivity contribution >= 4 is 151 Å². The fourth-order valence-electron chi connectivity index (χ4n) is 10.2. The number of H-pyrrole nitrogens is 1. The second kappa shape index (κ2) is 43.5. The number of rotatable bonds is 42. The Bertz CT molecular complexity index is 2960. The van der Waals surface area contributed by atoms with E-state index in [1.54, 1.807) is 34.0 Å². The van der Waals surface area contributed by atoms with E-state index in [1.807, 2.05) is 0 Å². The van der Waals surface area contributed by atoms with Crippen LogP contribution in [0.25, 0.3) is 0 Å². The molecule has 2 saturated heterocycles. The largest absolute Gasteiger partial charge is 0.394 e. The minimum Gasteiger partial charge on any atom is -0.394 e. The predicted molar refractivity (Wildman–Crippen MR) is 373 cm³/mol. The van der Waals surface area contributed by atoms with E-state index >= 15 is 0 Å². The lowest BCUT2D eigenvalue weighted by Gasteiger charge is -2.31. The fourth-order valence-corrected chi connectivity index (χ4v) is 11.8. The van der Waals surface area contributed by atoms with E-state index in [0.29, 0.717) is 24.3 Å². The molecule has 0 spiro atoms. The van der Waals surface area contributed by atoms with Crippen LogP contribution >= 0.6 is 62.3 Å². The van der Waals surface area contributed by atoms with Gasteiger partial charge in [-0.25, -0.2) is 4.98 Å². The first-order chi connectivity index (χ1) is 46.9. The van der Waals surface area contributed by atoms with Gasteiger partial charge >= 0.3 is 0 Å². The second-order valence-corrected chi connectivity index (χ2v) is 26.2. The Hall–Kier alpha value is -7.15. The van der Waals surface area contributed by atoms with Crippen molar-refractivity contribution in [2.45, 2.75) is 164 Å². The normalized spacial score (nSPS) is 18.3. The van der Waals surface area contributed by atoms with Crippen LogP contribution in [0.15, 0.2) is 12.5 Å². The molecule has 0 aliphatic carbocycles. The second-order valence-electron chi connectivity index (χ2n) is 23.8. The molecule has 0 unspecified atom stereocenters. The van der Waals surface area contributed by atoms with Crippen LogP contribution in [0.5, 0.6) is 0 Å². The van der Waals surface area contributed by atoms with Crippen molar-refractivity contribution in [2.75, 3.05) is 74.5 Å². The molecule has 41 heteroatoms. The van der Waals surface area contributed by atoms with Crippen molar-refractivity contribution in [3.8, 4) is 0 Å². The molecule has 2 aliphatic heterocycles. The number of aliphatic hydroxyl groups excluding tert-OH is 3. The molecule has 1 aromatic rings. The molecule has 0 aromatic carbocycles. The van der Waals surface area contributed by atoms with E-state index in [2.05, 4.69) is 124 Å². The minimum atomic E-state index is -1.75. The smallest absolute Gasteiger partial charge is 0.248 e. The summed E-state index contributed by atoms with van der Waals surface area (Å²) in [6.45, 7) is 4.53. The monoisotopic (exact) mass is 1490 g/mol. The van der Waals surface area contributed by atoms with Gasteiger partial charge in [-0.3, -0.25) is 71.9 Å². The summed E-state index contributed by atoms with van der Waals surface area (Å²) < 4.78 is 0. The van der Waals surface area contributed by atoms with Crippen molar-refractivity contribution < 1.29 is 87.2 Å². The lowest BCUT2D eigenvalue weighted by Crippen LogP contribution is -2.62. The van der Waals surface area contributed by atoms with E-state index in [-0.39, 0.29) is 62.5 Å². The SMILES string of the molecule is CC[C@H](C)[C@H](NC(=O)[C@@H]1CCCN1C(=O)[C@H](CO)NC(=O)[C@H](CCSC)NC(=O)[C@H](C)NC(=O)[C@H](CO)NC(=O)[C@H](CS)NC(=O)[C@@H](NC(=O)[C@@H]1CCCN1C(=O)[C@H](Cc1cnc[nH]1)NC(=O)[C@H](CO)NC(=O)[C@H](CS)NC(=O)[C@H](CS)NC(=O)CN)C(C)C)C(=O)N[C@@H](CS)C(N)=O. The van der Waals surface area contributed by atoms with Crippen LogP contribution in [0.2, 0.25) is 0 Å². The summed E-state index contributed by atoms with van der Waals surface area (Å²) in [5, 5.41) is 60.4. The van der Waals surface area contributed by atoms with Gasteiger partial charge in [-0.1, -0.05) is 34.1 Å². The standard InChI is InChI=1S/C58H96N18O18S5/c1-7-28(4)44(56(92)70-36(22-95)45(60)81)74-54(90)41-11-9-14-76(41)58(94)35(21-79)69-47(83)31(12-15-99-6)65-46(82)29(5)63-48(84)33(19-77)67-52(88)39(25-98)72-55(91)43(27(2)3)73-53(89)40-10-8-13-75(40)57(93)32(16-30-18-61-26-62-30)66-49(85)34(20-78)68-51(87)38(24-97)71-50(86)37(23-96)64-42(80)17-59/h18,26-29,31-41,43-44,77-79,95-98H,7-17,19-25,59H2,1-6H3,(H2,60,81)(H,61,62)(H,63,84)(H,64,80)(H,65,82)(H,66,85)(H,67,88)(H,68,87)(H,69,83)(H,70,92)(H,71,86)(H,72,91)(H,73,89)(H,74,90)/t28-,29-,31-,32-,33-,34-,35-,36-,37-,38-,39-,40-,41-,43-,44-/m0/s1. The molecular formula is C58H96N18O18S5. The summed E-state index contributed by atoms with van der Waals surface area (Å²) >= 11 is 17.7. The number of aromatic amines is 1. The number of amides is 15. The van der Waals surface area contributed by atoms with E-state index < -0.39 is 217 Å². The molecule has 556 valence electrons. The van der Waals surface area contributed by atoms with E-state index in [0.717, 1.165) is 4.90 Å². The number of aliphatic hydroxyl groups is 3. The quantitative estimate of drug-likeness (QED) is 0.0270. The van der Waals surface area contributed by atoms with Gasteiger partial charge in [0.1, 0.15) is 84.6 Å². The van der Waals surface area contributed by atoms with Gasteiger partial charge in [0.25, 0.3) is 0 Å². The number of hydrogen-bond donors (Lipinski definition) is 22. The van der Waals surface area contributed by atoms with Gasteiger partial charge in [0.15, 0.2) is 0 Å². The molecule has 0 bridgehead atoms. The third-order valence-corrected chi connectivity index (χ3v) is 18.3. The number of nitrogens with two attached hydrogens (primary N) is 2. The number of thiol groups is 4. The van der Waals surface area contributed by atoms with Gasteiger partial charge < -0.3 is 105 Å². The minimum absolute atomic E-state index is 0.00219. The molecule has 0 saturated carbocycles. The van der Waals surface area contributed by atoms with Crippen molar-refractivity contribution in [2.24, 2.45) is 23.3 Å². The zero-order valence-electron chi connectivity index (χ0n) is 55.8. The zero-order valence-corrected chi connectivity index (χ0v) is 60.2. The molecule has 0 radical (unpaired) electrons. The molecule has 15 amide bonds. The number of carbonyl (C=O) groups is 15. The number of imidazole rings is 1. The Morgan fingerprint density at radius 2 is 0.949 bits per heavy atom. The maximum absolute atomic E-state index is 14.5. The number of likely N-dealkylation sites (tertiary alicyclic amines) is 2. The summed E-state index contributed by atoms with van der Waals surface area (Å²) in [5.74, 6) is -14.9. The highest BCUT2D eigenvalue weighted by Crippen LogP contribution is 2.23. The van der Waals surface area contributed by atoms with Crippen LogP contribution in [0.1, 0.15) is 78.8 Å². The molecule has 20 N–H and O–H groups in total. The van der Waals surface area contributed by atoms with Crippen molar-refractivity contribution in [1.82, 2.24) is 83.6 Å². The molecule has 1 aromatic heterocycles. The maximum atomic E-state index is 14.5. The van der Waals surface area contributed by atoms with E-state index in [1.165, 1.54) is 36.1 Å². The first kappa shape index (κ1) is 86.1. The number of thioether (sulfide) groups is 1. The summed E-state index contributed by atoms with van der Waals surface area (Å²) in [4.78, 5) is 211. The molecule has 2 fully saturated rings. The van der Waals surface area contributed by atoms with Gasteiger partial charge in [0, 0.05) is 54.4 Å². The van der Waals surface area contributed by atoms with Gasteiger partial charge in [-0.2, -0.15) is 62.3 Å². The number of carbonyl (C=O) groups excluding carboxylic acids is 15. The number of nitrogens with one attached hydrogen (secondary N) is 13. The molecule has 99 heavy (non-hydrogen) atoms. The Labute approximate surface area is 598 Å². The van der Waals surface area contributed by atoms with E-state index in [9.17, 15) is 87.2 Å². The van der Waals surface area contributed by atoms with Crippen LogP contribution in [-0.2, 0) is 78.3 Å². The summed E-state index contributed by atoms with van der Waals surface area (Å²) in [6, 6.07) is -19.4. The van der Waals surface area contributed by atoms with Crippen LogP contribution in [0.4, 0.5) is 0 Å². The van der Waals surface area contributed by atoms with Crippen molar-refractivity contribution in [1.29, 1.82) is 0 Å². The number of aromatic nitrogens is 2. The van der Waals surface area contributed by atoms with Crippen LogP contribution in [0, 0.1) is 11.8 Å². The molecule has 15 atom stereocenters. The first-order valence-corrected chi connectivity index (χ1v) is 35.8.